The van der Waals surface area contributed by atoms with Gasteiger partial charge in [0.25, 0.3) is 17.7 Å². The molecule has 5 nitrogen and oxygen atoms in total. The summed E-state index contributed by atoms with van der Waals surface area (Å²) in [7, 11) is 0. The summed E-state index contributed by atoms with van der Waals surface area (Å²) in [5.74, 6) is -0.941. The van der Waals surface area contributed by atoms with Crippen molar-refractivity contribution in [3.8, 4) is 0 Å². The van der Waals surface area contributed by atoms with Crippen molar-refractivity contribution in [2.75, 3.05) is 0 Å². The van der Waals surface area contributed by atoms with Crippen molar-refractivity contribution in [1.29, 1.82) is 0 Å². The maximum Gasteiger partial charge on any atom is 0.261 e. The second kappa shape index (κ2) is 7.72. The molecule has 144 valence electrons. The number of nitrogens with one attached hydrogen (secondary N) is 1. The zero-order chi connectivity index (χ0) is 20.4. The van der Waals surface area contributed by atoms with E-state index < -0.39 is 12.1 Å². The molecular weight excluding hydrogens is 364 g/mol. The fraction of sp³-hybridized carbons (Fsp3) is 0.125. The zero-order valence-corrected chi connectivity index (χ0v) is 15.9. The smallest absolute Gasteiger partial charge is 0.261 e. The first-order valence-corrected chi connectivity index (χ1v) is 9.45. The van der Waals surface area contributed by atoms with Gasteiger partial charge in [-0.25, -0.2) is 0 Å². The van der Waals surface area contributed by atoms with Crippen molar-refractivity contribution in [1.82, 2.24) is 10.2 Å². The highest BCUT2D eigenvalue weighted by atomic mass is 16.2. The van der Waals surface area contributed by atoms with Crippen LogP contribution in [0.5, 0.6) is 0 Å². The van der Waals surface area contributed by atoms with Gasteiger partial charge in [-0.15, -0.1) is 0 Å². The van der Waals surface area contributed by atoms with Gasteiger partial charge in [0.05, 0.1) is 23.2 Å². The quantitative estimate of drug-likeness (QED) is 0.680. The molecule has 3 amide bonds. The predicted molar refractivity (Wildman–Crippen MR) is 109 cm³/mol. The van der Waals surface area contributed by atoms with Crippen molar-refractivity contribution in [2.45, 2.75) is 19.0 Å². The van der Waals surface area contributed by atoms with Gasteiger partial charge in [0.2, 0.25) is 0 Å². The number of benzene rings is 3. The Hall–Kier alpha value is -3.73. The number of fused-ring (bicyclic) bond motifs is 1. The first-order valence-electron chi connectivity index (χ1n) is 9.45. The average Bonchev–Trinajstić information content (AvgIpc) is 3.03. The van der Waals surface area contributed by atoms with Crippen LogP contribution in [0.25, 0.3) is 0 Å². The lowest BCUT2D eigenvalue weighted by Crippen LogP contribution is -2.47. The molecule has 1 heterocycles. The first-order chi connectivity index (χ1) is 14.1. The molecular formula is C24H20N2O3. The Bertz CT molecular complexity index is 1030. The largest absolute Gasteiger partial charge is 0.343 e. The molecule has 0 aliphatic carbocycles. The maximum absolute atomic E-state index is 12.9. The van der Waals surface area contributed by atoms with Crippen molar-refractivity contribution in [2.24, 2.45) is 0 Å². The number of carbonyl (C=O) groups is 3. The van der Waals surface area contributed by atoms with Crippen LogP contribution < -0.4 is 5.32 Å². The van der Waals surface area contributed by atoms with Gasteiger partial charge in [-0.2, -0.15) is 0 Å². The van der Waals surface area contributed by atoms with E-state index in [1.165, 1.54) is 4.90 Å². The first kappa shape index (κ1) is 18.6. The van der Waals surface area contributed by atoms with Gasteiger partial charge in [0.1, 0.15) is 0 Å². The fourth-order valence-electron chi connectivity index (χ4n) is 3.68. The molecule has 4 rings (SSSR count). The van der Waals surface area contributed by atoms with Crippen LogP contribution in [0.15, 0.2) is 84.9 Å². The molecule has 1 aliphatic heterocycles. The molecule has 29 heavy (non-hydrogen) atoms. The van der Waals surface area contributed by atoms with Gasteiger partial charge in [0.15, 0.2) is 0 Å². The van der Waals surface area contributed by atoms with Crippen molar-refractivity contribution in [3.05, 3.63) is 107 Å². The summed E-state index contributed by atoms with van der Waals surface area (Å²) in [4.78, 5) is 39.9. The lowest BCUT2D eigenvalue weighted by molar-refractivity contribution is 0.0551. The highest BCUT2D eigenvalue weighted by molar-refractivity contribution is 6.21. The molecule has 0 bridgehead atoms. The molecule has 0 spiro atoms. The molecule has 0 fully saturated rings. The van der Waals surface area contributed by atoms with E-state index in [-0.39, 0.29) is 17.7 Å². The van der Waals surface area contributed by atoms with Crippen molar-refractivity contribution >= 4 is 17.7 Å². The second-order valence-corrected chi connectivity index (χ2v) is 6.99. The monoisotopic (exact) mass is 384 g/mol. The topological polar surface area (TPSA) is 66.5 Å². The van der Waals surface area contributed by atoms with Crippen molar-refractivity contribution in [3.63, 3.8) is 0 Å². The Kier molecular flexibility index (Phi) is 4.96. The Morgan fingerprint density at radius 1 is 0.759 bits per heavy atom. The van der Waals surface area contributed by atoms with E-state index in [4.69, 9.17) is 0 Å². The van der Waals surface area contributed by atoms with E-state index in [1.807, 2.05) is 36.4 Å². The van der Waals surface area contributed by atoms with Crippen LogP contribution in [0.1, 0.15) is 49.6 Å². The normalized spacial score (nSPS) is 15.0. The van der Waals surface area contributed by atoms with Gasteiger partial charge < -0.3 is 5.32 Å². The van der Waals surface area contributed by atoms with Crippen LogP contribution in [0.2, 0.25) is 0 Å². The highest BCUT2D eigenvalue weighted by Gasteiger charge is 2.41. The van der Waals surface area contributed by atoms with Crippen LogP contribution in [-0.4, -0.2) is 28.7 Å². The minimum atomic E-state index is -0.572. The minimum absolute atomic E-state index is 0.261. The summed E-state index contributed by atoms with van der Waals surface area (Å²) in [6, 6.07) is 23.9. The lowest BCUT2D eigenvalue weighted by atomic mass is 9.98. The van der Waals surface area contributed by atoms with E-state index >= 15 is 0 Å². The van der Waals surface area contributed by atoms with E-state index in [2.05, 4.69) is 5.32 Å². The number of hydrogen-bond acceptors (Lipinski definition) is 3. The Balaban J connectivity index is 1.68. The summed E-state index contributed by atoms with van der Waals surface area (Å²) in [5, 5.41) is 3.01. The van der Waals surface area contributed by atoms with E-state index in [1.54, 1.807) is 55.5 Å². The van der Waals surface area contributed by atoms with E-state index in [9.17, 15) is 14.4 Å². The maximum atomic E-state index is 12.9. The van der Waals surface area contributed by atoms with E-state index in [0.29, 0.717) is 16.7 Å². The van der Waals surface area contributed by atoms with Crippen LogP contribution in [0.4, 0.5) is 0 Å². The second-order valence-electron chi connectivity index (χ2n) is 6.99. The average molecular weight is 384 g/mol. The van der Waals surface area contributed by atoms with Crippen LogP contribution in [0, 0.1) is 0 Å². The third kappa shape index (κ3) is 3.43. The summed E-state index contributed by atoms with van der Waals surface area (Å²) >= 11 is 0. The number of amides is 3. The fourth-order valence-corrected chi connectivity index (χ4v) is 3.68. The molecule has 3 aromatic rings. The minimum Gasteiger partial charge on any atom is -0.343 e. The summed E-state index contributed by atoms with van der Waals surface area (Å²) in [5.41, 5.74) is 2.12. The summed E-state index contributed by atoms with van der Waals surface area (Å²) in [6.07, 6.45) is 0. The molecule has 0 saturated heterocycles. The standard InChI is InChI=1S/C24H20N2O3/c1-16(26-23(28)19-14-8-9-15-20(19)24(26)29)21(17-10-4-2-5-11-17)25-22(27)18-12-6-3-7-13-18/h2-16,21H,1H3,(H,25,27)/t16-,21+/m0/s1. The van der Waals surface area contributed by atoms with Gasteiger partial charge in [-0.3, -0.25) is 19.3 Å². The number of imide groups is 1. The molecule has 5 heteroatoms. The number of rotatable bonds is 5. The third-order valence-electron chi connectivity index (χ3n) is 5.20. The molecule has 2 atom stereocenters. The van der Waals surface area contributed by atoms with Gasteiger partial charge >= 0.3 is 0 Å². The molecule has 0 saturated carbocycles. The Morgan fingerprint density at radius 3 is 1.79 bits per heavy atom. The van der Waals surface area contributed by atoms with Crippen LogP contribution >= 0.6 is 0 Å². The lowest BCUT2D eigenvalue weighted by Gasteiger charge is -2.31. The molecule has 1 N–H and O–H groups in total. The Labute approximate surface area is 169 Å². The van der Waals surface area contributed by atoms with Gasteiger partial charge in [-0.1, -0.05) is 60.7 Å². The van der Waals surface area contributed by atoms with Crippen LogP contribution in [-0.2, 0) is 0 Å². The molecule has 1 aliphatic rings. The number of nitrogens with zero attached hydrogens (tertiary/aromatic N) is 1. The van der Waals surface area contributed by atoms with Crippen molar-refractivity contribution < 1.29 is 14.4 Å². The number of hydrogen-bond donors (Lipinski definition) is 1. The predicted octanol–water partition coefficient (Wildman–Crippen LogP) is 3.84. The summed E-state index contributed by atoms with van der Waals surface area (Å²) < 4.78 is 0. The Morgan fingerprint density at radius 2 is 1.24 bits per heavy atom. The molecule has 0 unspecified atom stereocenters. The number of carbonyl (C=O) groups excluding carboxylic acids is 3. The molecule has 0 radical (unpaired) electrons. The zero-order valence-electron chi connectivity index (χ0n) is 15.9. The molecule has 3 aromatic carbocycles. The van der Waals surface area contributed by atoms with Crippen LogP contribution in [0.3, 0.4) is 0 Å². The third-order valence-corrected chi connectivity index (χ3v) is 5.20. The van der Waals surface area contributed by atoms with E-state index in [0.717, 1.165) is 5.56 Å². The summed E-state index contributed by atoms with van der Waals surface area (Å²) in [6.45, 7) is 1.78. The highest BCUT2D eigenvalue weighted by Crippen LogP contribution is 2.30. The molecule has 0 aromatic heterocycles. The van der Waals surface area contributed by atoms with Gasteiger partial charge in [-0.05, 0) is 36.8 Å². The SMILES string of the molecule is C[C@@H]([C@@H](NC(=O)c1ccccc1)c1ccccc1)N1C(=O)c2ccccc2C1=O. The van der Waals surface area contributed by atoms with Gasteiger partial charge in [0, 0.05) is 5.56 Å².